The summed E-state index contributed by atoms with van der Waals surface area (Å²) in [6, 6.07) is -14.5. The molecule has 0 aromatic rings. The van der Waals surface area contributed by atoms with E-state index in [-0.39, 0.29) is 95.9 Å². The molecule has 12 atom stereocenters. The molecule has 29 heteroatoms. The normalized spacial score (nSPS) is 23.1. The molecular formula is C53H100N16O13. The van der Waals surface area contributed by atoms with Crippen molar-refractivity contribution in [2.45, 2.75) is 211 Å². The van der Waals surface area contributed by atoms with Crippen LogP contribution in [0.3, 0.4) is 0 Å². The van der Waals surface area contributed by atoms with Crippen LogP contribution in [0.25, 0.3) is 0 Å². The van der Waals surface area contributed by atoms with Crippen LogP contribution >= 0.6 is 0 Å². The van der Waals surface area contributed by atoms with Crippen LogP contribution in [0.5, 0.6) is 0 Å². The first-order valence-corrected chi connectivity index (χ1v) is 28.8. The predicted octanol–water partition coefficient (Wildman–Crippen LogP) is -5.44. The van der Waals surface area contributed by atoms with Crippen molar-refractivity contribution in [3.05, 3.63) is 0 Å². The minimum Gasteiger partial charge on any atom is -0.391 e. The van der Waals surface area contributed by atoms with Crippen molar-refractivity contribution in [3.63, 3.8) is 0 Å². The van der Waals surface area contributed by atoms with Gasteiger partial charge in [0.2, 0.25) is 65.0 Å². The Morgan fingerprint density at radius 1 is 0.488 bits per heavy atom. The number of hydrogen-bond donors (Lipinski definition) is 18. The average molecular weight is 1170 g/mol. The molecule has 1 saturated heterocycles. The molecule has 1 heterocycles. The fourth-order valence-corrected chi connectivity index (χ4v) is 8.80. The summed E-state index contributed by atoms with van der Waals surface area (Å²) in [6.07, 6.45) is -0.749. The molecule has 0 aliphatic carbocycles. The number of aliphatic hydroxyl groups excluding tert-OH is 2. The maximum absolute atomic E-state index is 14.4. The third-order valence-corrected chi connectivity index (χ3v) is 13.3. The number of unbranched alkanes of at least 4 members (excludes halogenated alkanes) is 2. The summed E-state index contributed by atoms with van der Waals surface area (Å²) in [4.78, 5) is 153. The molecule has 82 heavy (non-hydrogen) atoms. The van der Waals surface area contributed by atoms with Crippen molar-refractivity contribution in [1.29, 1.82) is 0 Å². The maximum Gasteiger partial charge on any atom is 0.245 e. The molecule has 0 radical (unpaired) electrons. The monoisotopic (exact) mass is 1170 g/mol. The molecule has 0 unspecified atom stereocenters. The lowest BCUT2D eigenvalue weighted by Gasteiger charge is -2.29. The lowest BCUT2D eigenvalue weighted by molar-refractivity contribution is -0.137. The van der Waals surface area contributed by atoms with Crippen LogP contribution in [0.4, 0.5) is 0 Å². The summed E-state index contributed by atoms with van der Waals surface area (Å²) >= 11 is 0. The van der Waals surface area contributed by atoms with Crippen molar-refractivity contribution in [2.75, 3.05) is 39.3 Å². The van der Waals surface area contributed by atoms with Gasteiger partial charge in [0.15, 0.2) is 0 Å². The van der Waals surface area contributed by atoms with Crippen molar-refractivity contribution < 1.29 is 63.0 Å². The summed E-state index contributed by atoms with van der Waals surface area (Å²) in [5.74, 6) is -9.47. The second-order valence-electron chi connectivity index (χ2n) is 22.2. The Bertz CT molecular complexity index is 2060. The van der Waals surface area contributed by atoms with Gasteiger partial charge in [-0.15, -0.1) is 0 Å². The number of carbonyl (C=O) groups excluding carboxylic acids is 11. The molecule has 0 bridgehead atoms. The van der Waals surface area contributed by atoms with Gasteiger partial charge in [-0.3, -0.25) is 52.7 Å². The number of rotatable bonds is 29. The van der Waals surface area contributed by atoms with Gasteiger partial charge in [-0.2, -0.15) is 0 Å². The number of aliphatic hydroxyl groups is 2. The van der Waals surface area contributed by atoms with Gasteiger partial charge in [0.05, 0.1) is 12.2 Å². The lowest BCUT2D eigenvalue weighted by atomic mass is 9.99. The number of hydrogen-bond acceptors (Lipinski definition) is 18. The highest BCUT2D eigenvalue weighted by molar-refractivity contribution is 5.99. The molecule has 11 amide bonds. The Kier molecular flexibility index (Phi) is 35.5. The maximum atomic E-state index is 14.4. The van der Waals surface area contributed by atoms with E-state index in [9.17, 15) is 63.0 Å². The highest BCUT2D eigenvalue weighted by Crippen LogP contribution is 2.13. The highest BCUT2D eigenvalue weighted by Gasteiger charge is 2.37. The van der Waals surface area contributed by atoms with Gasteiger partial charge in [0, 0.05) is 13.0 Å². The Labute approximate surface area is 482 Å². The van der Waals surface area contributed by atoms with Crippen molar-refractivity contribution in [2.24, 2.45) is 46.4 Å². The average Bonchev–Trinajstić information content (AvgIpc) is 3.38. The number of amides is 11. The van der Waals surface area contributed by atoms with E-state index in [4.69, 9.17) is 28.7 Å². The van der Waals surface area contributed by atoms with E-state index in [2.05, 4.69) is 72.3 Å². The number of nitrogens with two attached hydrogens (primary N) is 5. The smallest absolute Gasteiger partial charge is 0.245 e. The van der Waals surface area contributed by atoms with Crippen LogP contribution in [0.1, 0.15) is 139 Å². The molecule has 0 aromatic heterocycles. The van der Waals surface area contributed by atoms with E-state index in [1.807, 2.05) is 0 Å². The van der Waals surface area contributed by atoms with Crippen LogP contribution in [0, 0.1) is 17.8 Å². The van der Waals surface area contributed by atoms with Crippen molar-refractivity contribution in [3.8, 4) is 0 Å². The predicted molar refractivity (Wildman–Crippen MR) is 305 cm³/mol. The van der Waals surface area contributed by atoms with Gasteiger partial charge in [0.25, 0.3) is 0 Å². The van der Waals surface area contributed by atoms with Crippen molar-refractivity contribution in [1.82, 2.24) is 58.5 Å². The fourth-order valence-electron chi connectivity index (χ4n) is 8.80. The number of nitrogens with one attached hydrogen (secondary N) is 11. The van der Waals surface area contributed by atoms with E-state index >= 15 is 0 Å². The Morgan fingerprint density at radius 3 is 1.35 bits per heavy atom. The third kappa shape index (κ3) is 27.8. The first-order chi connectivity index (χ1) is 38.6. The minimum absolute atomic E-state index is 0.0126. The molecule has 1 aliphatic heterocycles. The molecule has 1 fully saturated rings. The Morgan fingerprint density at radius 2 is 0.927 bits per heavy atom. The number of carbonyl (C=O) groups is 11. The third-order valence-electron chi connectivity index (χ3n) is 13.3. The molecule has 1 rings (SSSR count). The zero-order chi connectivity index (χ0) is 62.2. The van der Waals surface area contributed by atoms with Crippen LogP contribution < -0.4 is 87.2 Å². The van der Waals surface area contributed by atoms with E-state index < -0.39 is 151 Å². The van der Waals surface area contributed by atoms with Gasteiger partial charge >= 0.3 is 0 Å². The quantitative estimate of drug-likeness (QED) is 0.0311. The topological polar surface area (TPSA) is 491 Å². The molecule has 0 saturated carbocycles. The van der Waals surface area contributed by atoms with Crippen LogP contribution in [-0.4, -0.2) is 187 Å². The van der Waals surface area contributed by atoms with Crippen LogP contribution in [0.2, 0.25) is 0 Å². The van der Waals surface area contributed by atoms with Crippen LogP contribution in [-0.2, 0) is 52.7 Å². The van der Waals surface area contributed by atoms with Gasteiger partial charge in [-0.25, -0.2) is 0 Å². The first-order valence-electron chi connectivity index (χ1n) is 28.8. The Balaban J connectivity index is 3.81. The van der Waals surface area contributed by atoms with Gasteiger partial charge in [-0.1, -0.05) is 60.8 Å². The molecule has 1 aliphatic rings. The van der Waals surface area contributed by atoms with E-state index in [0.29, 0.717) is 12.3 Å². The second-order valence-corrected chi connectivity index (χ2v) is 22.2. The molecule has 29 nitrogen and oxygen atoms in total. The van der Waals surface area contributed by atoms with Gasteiger partial charge in [-0.05, 0) is 122 Å². The second kappa shape index (κ2) is 39.4. The zero-order valence-corrected chi connectivity index (χ0v) is 49.4. The van der Waals surface area contributed by atoms with E-state index in [1.54, 1.807) is 27.7 Å². The van der Waals surface area contributed by atoms with Crippen molar-refractivity contribution >= 4 is 65.0 Å². The minimum atomic E-state index is -1.69. The lowest BCUT2D eigenvalue weighted by Crippen LogP contribution is -2.62. The molecule has 470 valence electrons. The summed E-state index contributed by atoms with van der Waals surface area (Å²) in [5, 5.41) is 49.5. The molecule has 0 aromatic carbocycles. The van der Waals surface area contributed by atoms with E-state index in [0.717, 1.165) is 19.3 Å². The fraction of sp³-hybridized carbons (Fsp3) is 0.792. The summed E-state index contributed by atoms with van der Waals surface area (Å²) in [6.45, 7) is 12.7. The highest BCUT2D eigenvalue weighted by atomic mass is 16.3. The summed E-state index contributed by atoms with van der Waals surface area (Å²) in [7, 11) is 0. The zero-order valence-electron chi connectivity index (χ0n) is 49.4. The van der Waals surface area contributed by atoms with Crippen LogP contribution in [0.15, 0.2) is 0 Å². The first kappa shape index (κ1) is 73.9. The molecule has 0 spiro atoms. The SMILES string of the molecule is CC(C)CCCCCC(=O)N[C@@H](CCN)C(=O)N[C@H](C(=O)N[C@@H](CCN)C(=O)N[C@H]1CCNC(=O)[C@H]([C@@H](C)O)NC(=O)[C@H](CCN)NC(=O)[C@H](CCN)NC(=O)[C@H](CC(C)C)NC(=O)[C@H](CC(C)C)NC(=O)[C@H](CCN)NC1=O)[C@@H](C)O. The summed E-state index contributed by atoms with van der Waals surface area (Å²) in [5.41, 5.74) is 29.2. The molecular weight excluding hydrogens is 1070 g/mol. The van der Waals surface area contributed by atoms with Gasteiger partial charge < -0.3 is 97.4 Å². The molecule has 23 N–H and O–H groups in total. The largest absolute Gasteiger partial charge is 0.391 e. The van der Waals surface area contributed by atoms with E-state index in [1.165, 1.54) is 13.8 Å². The Hall–Kier alpha value is -6.11. The van der Waals surface area contributed by atoms with Gasteiger partial charge in [0.1, 0.15) is 60.4 Å². The standard InChI is InChI=1S/C53H100N16O13/c1-28(2)12-10-9-11-13-41(72)60-33(14-20-54)48(77)69-43(32(8)71)53(82)65-36(17-23-57)45(74)64-38-19-25-59-52(81)42(31(7)70)68-49(78)37(18-24-58)62-44(73)34(15-21-55)63-50(79)39(26-29(3)4)67-51(80)40(27-30(5)6)66-46(75)35(16-22-56)61-47(38)76/h28-40,42-43,70-71H,9-27,54-58H2,1-8H3,(H,59,81)(H,60,72)(H,61,76)(H,62,73)(H,63,79)(H,64,74)(H,65,82)(H,66,75)(H,67,80)(H,68,78)(H,69,77)/t31-,32-,33+,34+,35+,36+,37+,38+,39+,40+,42+,43+/m1/s1. The summed E-state index contributed by atoms with van der Waals surface area (Å²) < 4.78 is 0.